The van der Waals surface area contributed by atoms with Crippen molar-refractivity contribution in [2.75, 3.05) is 19.8 Å². The second-order valence-electron chi connectivity index (χ2n) is 9.07. The maximum absolute atomic E-state index is 2.51. The maximum Gasteiger partial charge on any atom is 0.0893 e. The summed E-state index contributed by atoms with van der Waals surface area (Å²) in [6.45, 7) is 8.22. The minimum Gasteiger partial charge on any atom is -0.359 e. The van der Waals surface area contributed by atoms with E-state index in [1.807, 2.05) is 0 Å². The van der Waals surface area contributed by atoms with Crippen molar-refractivity contribution in [3.63, 3.8) is 0 Å². The molecule has 0 atom stereocenters. The summed E-state index contributed by atoms with van der Waals surface area (Å²) in [7, 11) is 0. The van der Waals surface area contributed by atoms with Gasteiger partial charge in [-0.05, 0) is 12.8 Å². The van der Waals surface area contributed by atoms with Crippen LogP contribution in [0.15, 0.2) is 12.4 Å². The second-order valence-corrected chi connectivity index (χ2v) is 9.07. The number of hydrogen-bond donors (Lipinski definition) is 0. The van der Waals surface area contributed by atoms with E-state index >= 15 is 0 Å². The summed E-state index contributed by atoms with van der Waals surface area (Å²) in [6.07, 6.45) is 31.8. The van der Waals surface area contributed by atoms with Crippen LogP contribution in [0.2, 0.25) is 0 Å². The molecule has 1 rings (SSSR count). The quantitative estimate of drug-likeness (QED) is 0.181. The van der Waals surface area contributed by atoms with Gasteiger partial charge in [0.2, 0.25) is 0 Å². The number of nitrogens with zero attached hydrogens (tertiary/aromatic N) is 2. The largest absolute Gasteiger partial charge is 0.359 e. The topological polar surface area (TPSA) is 6.48 Å². The summed E-state index contributed by atoms with van der Waals surface area (Å²) in [5.74, 6) is 0. The fourth-order valence-electron chi connectivity index (χ4n) is 4.23. The molecule has 0 N–H and O–H groups in total. The molecule has 0 unspecified atom stereocenters. The highest BCUT2D eigenvalue weighted by Crippen LogP contribution is 2.14. The van der Waals surface area contributed by atoms with Crippen molar-refractivity contribution in [3.05, 3.63) is 12.4 Å². The zero-order chi connectivity index (χ0) is 20.1. The lowest BCUT2D eigenvalue weighted by atomic mass is 10.0. The molecule has 1 heterocycles. The summed E-state index contributed by atoms with van der Waals surface area (Å²) in [5, 5.41) is 0. The average molecular weight is 393 g/mol. The van der Waals surface area contributed by atoms with E-state index in [9.17, 15) is 0 Å². The first-order chi connectivity index (χ1) is 13.9. The molecule has 0 aromatic rings. The van der Waals surface area contributed by atoms with Gasteiger partial charge in [0.15, 0.2) is 0 Å². The van der Waals surface area contributed by atoms with E-state index in [1.165, 1.54) is 135 Å². The van der Waals surface area contributed by atoms with Crippen molar-refractivity contribution in [1.82, 2.24) is 9.80 Å². The standard InChI is InChI=1S/C26H52N2/c1-3-5-7-9-11-12-13-14-15-16-17-19-21-23-28-25-24-27(26-28)22-20-18-10-8-6-4-2/h24-25H,3-23,26H2,1-2H3. The molecule has 2 heteroatoms. The van der Waals surface area contributed by atoms with Gasteiger partial charge >= 0.3 is 0 Å². The minimum absolute atomic E-state index is 1.13. The van der Waals surface area contributed by atoms with Crippen molar-refractivity contribution < 1.29 is 0 Å². The van der Waals surface area contributed by atoms with Crippen molar-refractivity contribution in [1.29, 1.82) is 0 Å². The van der Waals surface area contributed by atoms with Gasteiger partial charge in [-0.25, -0.2) is 0 Å². The number of hydrogen-bond acceptors (Lipinski definition) is 2. The normalized spacial score (nSPS) is 13.8. The lowest BCUT2D eigenvalue weighted by molar-refractivity contribution is 0.257. The monoisotopic (exact) mass is 392 g/mol. The molecule has 166 valence electrons. The van der Waals surface area contributed by atoms with Crippen LogP contribution in [-0.4, -0.2) is 29.6 Å². The first-order valence-electron chi connectivity index (χ1n) is 13.0. The van der Waals surface area contributed by atoms with Crippen LogP contribution in [0.25, 0.3) is 0 Å². The summed E-state index contributed by atoms with van der Waals surface area (Å²) in [4.78, 5) is 5.01. The Morgan fingerprint density at radius 1 is 0.429 bits per heavy atom. The van der Waals surface area contributed by atoms with Gasteiger partial charge in [-0.3, -0.25) is 0 Å². The molecule has 0 aliphatic carbocycles. The lowest BCUT2D eigenvalue weighted by Crippen LogP contribution is -2.26. The zero-order valence-electron chi connectivity index (χ0n) is 19.6. The van der Waals surface area contributed by atoms with Crippen LogP contribution < -0.4 is 0 Å². The summed E-state index contributed by atoms with van der Waals surface area (Å²) >= 11 is 0. The Hall–Kier alpha value is -0.660. The summed E-state index contributed by atoms with van der Waals surface area (Å²) in [5.41, 5.74) is 0. The van der Waals surface area contributed by atoms with E-state index in [0.29, 0.717) is 0 Å². The van der Waals surface area contributed by atoms with Crippen molar-refractivity contribution in [2.45, 2.75) is 136 Å². The fourth-order valence-corrected chi connectivity index (χ4v) is 4.23. The van der Waals surface area contributed by atoms with Gasteiger partial charge in [-0.2, -0.15) is 0 Å². The Labute approximate surface area is 178 Å². The molecule has 1 aliphatic rings. The van der Waals surface area contributed by atoms with Gasteiger partial charge in [-0.1, -0.05) is 123 Å². The predicted molar refractivity (Wildman–Crippen MR) is 126 cm³/mol. The smallest absolute Gasteiger partial charge is 0.0893 e. The van der Waals surface area contributed by atoms with Crippen LogP contribution in [0, 0.1) is 0 Å². The Morgan fingerprint density at radius 3 is 1.04 bits per heavy atom. The molecule has 0 saturated carbocycles. The third-order valence-electron chi connectivity index (χ3n) is 6.20. The van der Waals surface area contributed by atoms with Crippen molar-refractivity contribution in [2.24, 2.45) is 0 Å². The van der Waals surface area contributed by atoms with E-state index in [4.69, 9.17) is 0 Å². The van der Waals surface area contributed by atoms with Gasteiger partial charge in [0.05, 0.1) is 6.67 Å². The van der Waals surface area contributed by atoms with Gasteiger partial charge < -0.3 is 9.80 Å². The molecule has 0 aromatic heterocycles. The Kier molecular flexibility index (Phi) is 17.8. The molecule has 0 saturated heterocycles. The highest BCUT2D eigenvalue weighted by Gasteiger charge is 2.10. The molecular weight excluding hydrogens is 340 g/mol. The van der Waals surface area contributed by atoms with Crippen LogP contribution in [0.3, 0.4) is 0 Å². The number of rotatable bonds is 21. The van der Waals surface area contributed by atoms with Crippen LogP contribution in [0.5, 0.6) is 0 Å². The van der Waals surface area contributed by atoms with Crippen molar-refractivity contribution >= 4 is 0 Å². The third kappa shape index (κ3) is 15.3. The fraction of sp³-hybridized carbons (Fsp3) is 0.923. The Bertz CT molecular complexity index is 339. The highest BCUT2D eigenvalue weighted by molar-refractivity contribution is 4.90. The summed E-state index contributed by atoms with van der Waals surface area (Å²) in [6, 6.07) is 0. The molecule has 0 aromatic carbocycles. The SMILES string of the molecule is CCCCCCCCCCCCCCCN1C=CN(CCCCCCCC)C1. The average Bonchev–Trinajstić information content (AvgIpc) is 3.16. The van der Waals surface area contributed by atoms with Crippen molar-refractivity contribution in [3.8, 4) is 0 Å². The highest BCUT2D eigenvalue weighted by atomic mass is 15.3. The molecule has 0 radical (unpaired) electrons. The molecule has 1 aliphatic heterocycles. The van der Waals surface area contributed by atoms with E-state index in [0.717, 1.165) is 6.67 Å². The first-order valence-corrected chi connectivity index (χ1v) is 13.0. The van der Waals surface area contributed by atoms with Crippen LogP contribution in [-0.2, 0) is 0 Å². The van der Waals surface area contributed by atoms with Crippen LogP contribution in [0.1, 0.15) is 136 Å². The molecule has 0 amide bonds. The summed E-state index contributed by atoms with van der Waals surface area (Å²) < 4.78 is 0. The zero-order valence-corrected chi connectivity index (χ0v) is 19.6. The van der Waals surface area contributed by atoms with E-state index in [2.05, 4.69) is 36.0 Å². The van der Waals surface area contributed by atoms with Gasteiger partial charge in [-0.15, -0.1) is 0 Å². The molecule has 28 heavy (non-hydrogen) atoms. The van der Waals surface area contributed by atoms with E-state index in [1.54, 1.807) is 0 Å². The van der Waals surface area contributed by atoms with Crippen LogP contribution >= 0.6 is 0 Å². The number of unbranched alkanes of at least 4 members (excludes halogenated alkanes) is 17. The molecule has 0 bridgehead atoms. The first kappa shape index (κ1) is 25.4. The molecule has 2 nitrogen and oxygen atoms in total. The Balaban J connectivity index is 1.78. The third-order valence-corrected chi connectivity index (χ3v) is 6.20. The lowest BCUT2D eigenvalue weighted by Gasteiger charge is -2.21. The van der Waals surface area contributed by atoms with Crippen LogP contribution in [0.4, 0.5) is 0 Å². The predicted octanol–water partition coefficient (Wildman–Crippen LogP) is 8.48. The van der Waals surface area contributed by atoms with Gasteiger partial charge in [0.1, 0.15) is 0 Å². The van der Waals surface area contributed by atoms with Gasteiger partial charge in [0.25, 0.3) is 0 Å². The molecule has 0 fully saturated rings. The minimum atomic E-state index is 1.13. The molecular formula is C26H52N2. The maximum atomic E-state index is 2.51. The second kappa shape index (κ2) is 19.6. The Morgan fingerprint density at radius 2 is 0.714 bits per heavy atom. The van der Waals surface area contributed by atoms with Gasteiger partial charge in [0, 0.05) is 25.5 Å². The van der Waals surface area contributed by atoms with E-state index < -0.39 is 0 Å². The van der Waals surface area contributed by atoms with E-state index in [-0.39, 0.29) is 0 Å². The molecule has 0 spiro atoms.